The molecule has 2 rings (SSSR count). The molecular weight excluding hydrogens is 308 g/mol. The highest BCUT2D eigenvalue weighted by Crippen LogP contribution is 2.35. The normalized spacial score (nSPS) is 20.2. The summed E-state index contributed by atoms with van der Waals surface area (Å²) in [4.78, 5) is 0. The summed E-state index contributed by atoms with van der Waals surface area (Å²) >= 11 is 1.21. The Hall–Kier alpha value is -0.340. The molecule has 0 spiro atoms. The number of nitrogens with zero attached hydrogens (tertiary/aromatic N) is 1. The first-order valence-electron chi connectivity index (χ1n) is 5.89. The second kappa shape index (κ2) is 6.90. The van der Waals surface area contributed by atoms with Gasteiger partial charge in [0, 0.05) is 19.1 Å². The first-order chi connectivity index (χ1) is 8.61. The van der Waals surface area contributed by atoms with Crippen molar-refractivity contribution in [2.75, 3.05) is 27.2 Å². The van der Waals surface area contributed by atoms with E-state index < -0.39 is 10.0 Å². The number of nitrogens with one attached hydrogen (secondary N) is 1. The monoisotopic (exact) mass is 326 g/mol. The quantitative estimate of drug-likeness (QED) is 0.892. The second-order valence-electron chi connectivity index (χ2n) is 4.25. The molecule has 1 atom stereocenters. The van der Waals surface area contributed by atoms with Gasteiger partial charge in [0.05, 0.1) is 7.11 Å². The average Bonchev–Trinajstić information content (AvgIpc) is 2.97. The van der Waals surface area contributed by atoms with Crippen LogP contribution in [0, 0.1) is 0 Å². The van der Waals surface area contributed by atoms with Gasteiger partial charge in [0.25, 0.3) is 10.0 Å². The first-order valence-corrected chi connectivity index (χ1v) is 8.21. The van der Waals surface area contributed by atoms with Crippen LogP contribution < -0.4 is 10.1 Å². The van der Waals surface area contributed by atoms with Crippen molar-refractivity contribution in [2.24, 2.45) is 0 Å². The third-order valence-electron chi connectivity index (χ3n) is 3.12. The van der Waals surface area contributed by atoms with E-state index in [-0.39, 0.29) is 18.4 Å². The van der Waals surface area contributed by atoms with Gasteiger partial charge in [0.2, 0.25) is 0 Å². The maximum absolute atomic E-state index is 12.6. The van der Waals surface area contributed by atoms with E-state index in [1.165, 1.54) is 18.4 Å². The molecule has 8 heteroatoms. The minimum absolute atomic E-state index is 0. The third kappa shape index (κ3) is 3.22. The molecule has 1 aromatic rings. The van der Waals surface area contributed by atoms with E-state index in [4.69, 9.17) is 4.74 Å². The zero-order valence-electron chi connectivity index (χ0n) is 11.0. The summed E-state index contributed by atoms with van der Waals surface area (Å²) in [6.45, 7) is 1.28. The molecule has 0 bridgehead atoms. The first kappa shape index (κ1) is 16.7. The van der Waals surface area contributed by atoms with Crippen molar-refractivity contribution < 1.29 is 13.2 Å². The largest absolute Gasteiger partial charge is 0.494 e. The SMILES string of the molecule is CNCC1CCCN1S(=O)(=O)c1sccc1OC.Cl. The van der Waals surface area contributed by atoms with Crippen LogP contribution in [-0.2, 0) is 10.0 Å². The van der Waals surface area contributed by atoms with Crippen LogP contribution in [0.5, 0.6) is 5.75 Å². The maximum Gasteiger partial charge on any atom is 0.256 e. The number of likely N-dealkylation sites (N-methyl/N-ethyl adjacent to an activating group) is 1. The van der Waals surface area contributed by atoms with Gasteiger partial charge in [-0.3, -0.25) is 0 Å². The second-order valence-corrected chi connectivity index (χ2v) is 7.25. The van der Waals surface area contributed by atoms with Crippen LogP contribution >= 0.6 is 23.7 Å². The number of ether oxygens (including phenoxy) is 1. The molecule has 0 radical (unpaired) electrons. The third-order valence-corrected chi connectivity index (χ3v) is 6.50. The van der Waals surface area contributed by atoms with E-state index in [1.807, 2.05) is 7.05 Å². The molecule has 0 amide bonds. The molecule has 1 unspecified atom stereocenters. The van der Waals surface area contributed by atoms with Gasteiger partial charge in [0.15, 0.2) is 4.21 Å². The molecule has 0 saturated carbocycles. The molecule has 1 N–H and O–H groups in total. The van der Waals surface area contributed by atoms with Crippen molar-refractivity contribution in [3.05, 3.63) is 11.4 Å². The van der Waals surface area contributed by atoms with Gasteiger partial charge in [-0.05, 0) is 31.3 Å². The van der Waals surface area contributed by atoms with Crippen LogP contribution in [0.1, 0.15) is 12.8 Å². The minimum atomic E-state index is -3.42. The van der Waals surface area contributed by atoms with Gasteiger partial charge >= 0.3 is 0 Å². The lowest BCUT2D eigenvalue weighted by atomic mass is 10.2. The Balaban J connectivity index is 0.00000180. The van der Waals surface area contributed by atoms with Crippen LogP contribution in [0.25, 0.3) is 0 Å². The summed E-state index contributed by atoms with van der Waals surface area (Å²) in [7, 11) is -0.0844. The van der Waals surface area contributed by atoms with Gasteiger partial charge < -0.3 is 10.1 Å². The van der Waals surface area contributed by atoms with E-state index in [0.29, 0.717) is 23.0 Å². The summed E-state index contributed by atoms with van der Waals surface area (Å²) < 4.78 is 32.2. The van der Waals surface area contributed by atoms with Crippen molar-refractivity contribution >= 4 is 33.8 Å². The van der Waals surface area contributed by atoms with Crippen LogP contribution in [0.4, 0.5) is 0 Å². The summed E-state index contributed by atoms with van der Waals surface area (Å²) in [6, 6.07) is 1.74. The zero-order valence-corrected chi connectivity index (χ0v) is 13.4. The van der Waals surface area contributed by atoms with Gasteiger partial charge in [-0.2, -0.15) is 4.31 Å². The van der Waals surface area contributed by atoms with Crippen LogP contribution in [-0.4, -0.2) is 46.0 Å². The number of sulfonamides is 1. The number of hydrogen-bond acceptors (Lipinski definition) is 5. The molecular formula is C11H19ClN2O3S2. The molecule has 1 aliphatic heterocycles. The number of methoxy groups -OCH3 is 1. The lowest BCUT2D eigenvalue weighted by Crippen LogP contribution is -2.40. The number of hydrogen-bond donors (Lipinski definition) is 1. The minimum Gasteiger partial charge on any atom is -0.494 e. The van der Waals surface area contributed by atoms with Crippen molar-refractivity contribution in [3.63, 3.8) is 0 Å². The molecule has 1 saturated heterocycles. The Bertz CT molecular complexity index is 504. The van der Waals surface area contributed by atoms with Gasteiger partial charge in [-0.25, -0.2) is 8.42 Å². The van der Waals surface area contributed by atoms with E-state index in [1.54, 1.807) is 15.8 Å². The molecule has 0 aromatic carbocycles. The molecule has 0 aliphatic carbocycles. The predicted molar refractivity (Wildman–Crippen MR) is 79.0 cm³/mol. The topological polar surface area (TPSA) is 58.6 Å². The van der Waals surface area contributed by atoms with Crippen LogP contribution in [0.2, 0.25) is 0 Å². The number of rotatable bonds is 5. The highest BCUT2D eigenvalue weighted by molar-refractivity contribution is 7.91. The fourth-order valence-corrected chi connectivity index (χ4v) is 5.38. The van der Waals surface area contributed by atoms with Crippen LogP contribution in [0.15, 0.2) is 15.7 Å². The predicted octanol–water partition coefficient (Wildman–Crippen LogP) is 1.55. The fraction of sp³-hybridized carbons (Fsp3) is 0.636. The van der Waals surface area contributed by atoms with Gasteiger partial charge in [-0.1, -0.05) is 0 Å². The highest BCUT2D eigenvalue weighted by atomic mass is 35.5. The summed E-state index contributed by atoms with van der Waals surface area (Å²) in [5, 5.41) is 4.80. The Morgan fingerprint density at radius 2 is 2.32 bits per heavy atom. The number of halogens is 1. The zero-order chi connectivity index (χ0) is 13.2. The summed E-state index contributed by atoms with van der Waals surface area (Å²) in [5.74, 6) is 0.440. The molecule has 1 fully saturated rings. The molecule has 2 heterocycles. The summed E-state index contributed by atoms with van der Waals surface area (Å²) in [5.41, 5.74) is 0. The standard InChI is InChI=1S/C11H18N2O3S2.ClH/c1-12-8-9-4-3-6-13(9)18(14,15)11-10(16-2)5-7-17-11;/h5,7,9,12H,3-4,6,8H2,1-2H3;1H. The van der Waals surface area contributed by atoms with Crippen molar-refractivity contribution in [1.82, 2.24) is 9.62 Å². The Labute approximate surface area is 124 Å². The fourth-order valence-electron chi connectivity index (χ4n) is 2.29. The van der Waals surface area contributed by atoms with Crippen molar-refractivity contribution in [3.8, 4) is 5.75 Å². The lowest BCUT2D eigenvalue weighted by Gasteiger charge is -2.23. The molecule has 19 heavy (non-hydrogen) atoms. The van der Waals surface area contributed by atoms with Crippen molar-refractivity contribution in [2.45, 2.75) is 23.1 Å². The average molecular weight is 327 g/mol. The van der Waals surface area contributed by atoms with E-state index in [0.717, 1.165) is 12.8 Å². The smallest absolute Gasteiger partial charge is 0.256 e. The molecule has 110 valence electrons. The maximum atomic E-state index is 12.6. The van der Waals surface area contributed by atoms with E-state index >= 15 is 0 Å². The summed E-state index contributed by atoms with van der Waals surface area (Å²) in [6.07, 6.45) is 1.83. The molecule has 5 nitrogen and oxygen atoms in total. The Morgan fingerprint density at radius 1 is 1.58 bits per heavy atom. The molecule has 1 aliphatic rings. The highest BCUT2D eigenvalue weighted by Gasteiger charge is 2.37. The van der Waals surface area contributed by atoms with Crippen molar-refractivity contribution in [1.29, 1.82) is 0 Å². The van der Waals surface area contributed by atoms with E-state index in [2.05, 4.69) is 5.32 Å². The lowest BCUT2D eigenvalue weighted by molar-refractivity contribution is 0.373. The van der Waals surface area contributed by atoms with Crippen LogP contribution in [0.3, 0.4) is 0 Å². The van der Waals surface area contributed by atoms with Gasteiger partial charge in [-0.15, -0.1) is 23.7 Å². The van der Waals surface area contributed by atoms with E-state index in [9.17, 15) is 8.42 Å². The Morgan fingerprint density at radius 3 is 2.95 bits per heavy atom. The number of thiophene rings is 1. The van der Waals surface area contributed by atoms with Gasteiger partial charge in [0.1, 0.15) is 5.75 Å². The molecule has 1 aromatic heterocycles. The Kier molecular flexibility index (Phi) is 6.07.